The Morgan fingerprint density at radius 2 is 2.07 bits per heavy atom. The number of thioether (sulfide) groups is 1. The molecule has 0 unspecified atom stereocenters. The number of carbonyl (C=O) groups is 1. The molecule has 1 N–H and O–H groups in total. The van der Waals surface area contributed by atoms with Gasteiger partial charge in [-0.25, -0.2) is 4.98 Å². The first kappa shape index (κ1) is 17.5. The average molecular weight is 397 g/mol. The van der Waals surface area contributed by atoms with Crippen molar-refractivity contribution in [1.82, 2.24) is 19.7 Å². The van der Waals surface area contributed by atoms with Gasteiger partial charge in [0, 0.05) is 17.3 Å². The molecule has 4 aromatic rings. The molecule has 4 rings (SSSR count). The van der Waals surface area contributed by atoms with E-state index in [9.17, 15) is 4.79 Å². The van der Waals surface area contributed by atoms with Crippen molar-refractivity contribution in [3.8, 4) is 17.3 Å². The van der Waals surface area contributed by atoms with E-state index in [1.54, 1.807) is 18.5 Å². The summed E-state index contributed by atoms with van der Waals surface area (Å²) in [5.41, 5.74) is 0.893. The van der Waals surface area contributed by atoms with Gasteiger partial charge >= 0.3 is 0 Å². The van der Waals surface area contributed by atoms with Gasteiger partial charge in [-0.05, 0) is 31.2 Å². The summed E-state index contributed by atoms with van der Waals surface area (Å²) in [6.45, 7) is 1.82. The van der Waals surface area contributed by atoms with Crippen molar-refractivity contribution in [2.75, 3.05) is 5.32 Å². The van der Waals surface area contributed by atoms with Gasteiger partial charge in [0.2, 0.25) is 11.7 Å². The van der Waals surface area contributed by atoms with Crippen LogP contribution in [0.25, 0.3) is 17.3 Å². The third-order valence-corrected chi connectivity index (χ3v) is 5.43. The minimum absolute atomic E-state index is 0.142. The number of hydrogen-bond acceptors (Lipinski definition) is 7. The lowest BCUT2D eigenvalue weighted by molar-refractivity contribution is -0.115. The maximum atomic E-state index is 12.5. The van der Waals surface area contributed by atoms with E-state index in [1.807, 2.05) is 53.3 Å². The van der Waals surface area contributed by atoms with Gasteiger partial charge in [0.05, 0.1) is 11.5 Å². The summed E-state index contributed by atoms with van der Waals surface area (Å²) in [5, 5.41) is 14.0. The molecule has 7 nitrogen and oxygen atoms in total. The highest BCUT2D eigenvalue weighted by Crippen LogP contribution is 2.30. The van der Waals surface area contributed by atoms with Crippen LogP contribution in [0.4, 0.5) is 5.13 Å². The van der Waals surface area contributed by atoms with Crippen LogP contribution in [0.5, 0.6) is 0 Å². The molecule has 3 aromatic heterocycles. The SMILES string of the molecule is C[C@@H](Sc1nnc(-c2ccco2)n1-c1ccccc1)C(=O)Nc1nccs1. The molecular formula is C18H15N5O2S2. The Hall–Kier alpha value is -2.91. The number of thiazole rings is 1. The summed E-state index contributed by atoms with van der Waals surface area (Å²) in [4.78, 5) is 16.5. The van der Waals surface area contributed by atoms with Crippen LogP contribution in [0.3, 0.4) is 0 Å². The third-order valence-electron chi connectivity index (χ3n) is 3.70. The number of nitrogens with one attached hydrogen (secondary N) is 1. The van der Waals surface area contributed by atoms with Crippen LogP contribution in [0.15, 0.2) is 69.9 Å². The Morgan fingerprint density at radius 3 is 2.78 bits per heavy atom. The average Bonchev–Trinajstić information content (AvgIpc) is 3.44. The van der Waals surface area contributed by atoms with Gasteiger partial charge in [-0.3, -0.25) is 9.36 Å². The van der Waals surface area contributed by atoms with Gasteiger partial charge in [-0.15, -0.1) is 21.5 Å². The van der Waals surface area contributed by atoms with Gasteiger partial charge in [0.15, 0.2) is 16.0 Å². The van der Waals surface area contributed by atoms with Crippen LogP contribution in [0.2, 0.25) is 0 Å². The van der Waals surface area contributed by atoms with Crippen LogP contribution in [-0.4, -0.2) is 30.9 Å². The fourth-order valence-corrected chi connectivity index (χ4v) is 3.82. The second-order valence-corrected chi connectivity index (χ2v) is 7.74. The lowest BCUT2D eigenvalue weighted by Gasteiger charge is -2.12. The molecule has 0 radical (unpaired) electrons. The molecule has 3 heterocycles. The van der Waals surface area contributed by atoms with Gasteiger partial charge in [-0.1, -0.05) is 30.0 Å². The second-order valence-electron chi connectivity index (χ2n) is 5.54. The molecule has 0 bridgehead atoms. The summed E-state index contributed by atoms with van der Waals surface area (Å²) in [5.74, 6) is 1.05. The number of benzene rings is 1. The molecule has 0 aliphatic carbocycles. The zero-order valence-electron chi connectivity index (χ0n) is 14.3. The maximum Gasteiger partial charge on any atom is 0.239 e. The van der Waals surface area contributed by atoms with Crippen LogP contribution in [-0.2, 0) is 4.79 Å². The van der Waals surface area contributed by atoms with Gasteiger partial charge in [0.25, 0.3) is 0 Å². The van der Waals surface area contributed by atoms with Crippen molar-refractivity contribution < 1.29 is 9.21 Å². The Labute approximate surface area is 163 Å². The molecule has 1 atom stereocenters. The molecule has 0 saturated carbocycles. The number of amides is 1. The number of carbonyl (C=O) groups excluding carboxylic acids is 1. The van der Waals surface area contributed by atoms with Crippen molar-refractivity contribution in [1.29, 1.82) is 0 Å². The molecule has 0 fully saturated rings. The van der Waals surface area contributed by atoms with E-state index in [4.69, 9.17) is 4.42 Å². The summed E-state index contributed by atoms with van der Waals surface area (Å²) in [6.07, 6.45) is 3.25. The number of hydrogen-bond donors (Lipinski definition) is 1. The number of rotatable bonds is 6. The van der Waals surface area contributed by atoms with Crippen LogP contribution < -0.4 is 5.32 Å². The van der Waals surface area contributed by atoms with Crippen molar-refractivity contribution in [3.05, 3.63) is 60.3 Å². The van der Waals surface area contributed by atoms with Crippen molar-refractivity contribution >= 4 is 34.1 Å². The molecule has 0 spiro atoms. The molecule has 1 amide bonds. The first-order valence-electron chi connectivity index (χ1n) is 8.14. The Morgan fingerprint density at radius 1 is 1.22 bits per heavy atom. The highest BCUT2D eigenvalue weighted by atomic mass is 32.2. The molecule has 0 saturated heterocycles. The fourth-order valence-electron chi connectivity index (χ4n) is 2.43. The van der Waals surface area contributed by atoms with E-state index in [0.29, 0.717) is 21.9 Å². The standard InChI is InChI=1S/C18H15N5O2S2/c1-12(16(24)20-17-19-9-11-26-17)27-18-22-21-15(14-8-5-10-25-14)23(18)13-6-3-2-4-7-13/h2-12H,1H3,(H,19,20,24)/t12-/m1/s1. The van der Waals surface area contributed by atoms with Crippen LogP contribution in [0.1, 0.15) is 6.92 Å². The quantitative estimate of drug-likeness (QED) is 0.493. The number of nitrogens with zero attached hydrogens (tertiary/aromatic N) is 4. The highest BCUT2D eigenvalue weighted by molar-refractivity contribution is 8.00. The molecule has 0 aliphatic rings. The summed E-state index contributed by atoms with van der Waals surface area (Å²) in [7, 11) is 0. The smallest absolute Gasteiger partial charge is 0.239 e. The van der Waals surface area contributed by atoms with Gasteiger partial charge in [-0.2, -0.15) is 0 Å². The first-order valence-corrected chi connectivity index (χ1v) is 9.90. The summed E-state index contributed by atoms with van der Waals surface area (Å²) >= 11 is 2.71. The largest absolute Gasteiger partial charge is 0.461 e. The normalized spacial score (nSPS) is 12.0. The fraction of sp³-hybridized carbons (Fsp3) is 0.111. The van der Waals surface area contributed by atoms with E-state index in [-0.39, 0.29) is 11.2 Å². The zero-order valence-corrected chi connectivity index (χ0v) is 15.9. The highest BCUT2D eigenvalue weighted by Gasteiger charge is 2.23. The first-order chi connectivity index (χ1) is 13.2. The topological polar surface area (TPSA) is 85.8 Å². The number of anilines is 1. The lowest BCUT2D eigenvalue weighted by Crippen LogP contribution is -2.22. The molecule has 9 heteroatoms. The molecule has 136 valence electrons. The van der Waals surface area contributed by atoms with Crippen LogP contribution in [0, 0.1) is 0 Å². The lowest BCUT2D eigenvalue weighted by atomic mass is 10.3. The summed E-state index contributed by atoms with van der Waals surface area (Å²) < 4.78 is 7.38. The molecule has 1 aromatic carbocycles. The van der Waals surface area contributed by atoms with E-state index in [2.05, 4.69) is 20.5 Å². The number of para-hydroxylation sites is 1. The molecule has 0 aliphatic heterocycles. The van der Waals surface area contributed by atoms with Crippen molar-refractivity contribution in [2.45, 2.75) is 17.3 Å². The summed E-state index contributed by atoms with van der Waals surface area (Å²) in [6, 6.07) is 13.4. The van der Waals surface area contributed by atoms with E-state index >= 15 is 0 Å². The minimum Gasteiger partial charge on any atom is -0.461 e. The number of furan rings is 1. The molecular weight excluding hydrogens is 382 g/mol. The zero-order chi connectivity index (χ0) is 18.6. The molecule has 27 heavy (non-hydrogen) atoms. The van der Waals surface area contributed by atoms with E-state index in [0.717, 1.165) is 5.69 Å². The number of aromatic nitrogens is 4. The van der Waals surface area contributed by atoms with Crippen molar-refractivity contribution in [2.24, 2.45) is 0 Å². The Balaban J connectivity index is 1.63. The third kappa shape index (κ3) is 3.79. The monoisotopic (exact) mass is 397 g/mol. The second kappa shape index (κ2) is 7.77. The van der Waals surface area contributed by atoms with Gasteiger partial charge in [0.1, 0.15) is 0 Å². The van der Waals surface area contributed by atoms with Gasteiger partial charge < -0.3 is 9.73 Å². The Kier molecular flexibility index (Phi) is 5.03. The van der Waals surface area contributed by atoms with E-state index < -0.39 is 0 Å². The van der Waals surface area contributed by atoms with Crippen molar-refractivity contribution in [3.63, 3.8) is 0 Å². The predicted molar refractivity (Wildman–Crippen MR) is 105 cm³/mol. The predicted octanol–water partition coefficient (Wildman–Crippen LogP) is 4.10. The van der Waals surface area contributed by atoms with E-state index in [1.165, 1.54) is 23.1 Å². The van der Waals surface area contributed by atoms with Crippen LogP contribution >= 0.6 is 23.1 Å². The minimum atomic E-state index is -0.384. The Bertz CT molecular complexity index is 1010. The maximum absolute atomic E-state index is 12.5.